The van der Waals surface area contributed by atoms with Crippen LogP contribution in [0.4, 0.5) is 20.6 Å². The van der Waals surface area contributed by atoms with Crippen molar-refractivity contribution in [3.05, 3.63) is 89.7 Å². The first-order valence-electron chi connectivity index (χ1n) is 10.0. The Labute approximate surface area is 196 Å². The zero-order chi connectivity index (χ0) is 23.8. The SMILES string of the molecule is CC(=O)Oc1ccc(C(=O)Nc2ccc(N(S)C(=O)NCCc3ccc(F)cc3)cc2)cc1. The van der Waals surface area contributed by atoms with Crippen molar-refractivity contribution in [2.24, 2.45) is 0 Å². The number of rotatable bonds is 7. The van der Waals surface area contributed by atoms with E-state index >= 15 is 0 Å². The van der Waals surface area contributed by atoms with E-state index in [2.05, 4.69) is 23.4 Å². The third-order valence-corrected chi connectivity index (χ3v) is 4.96. The van der Waals surface area contributed by atoms with Crippen molar-refractivity contribution in [1.29, 1.82) is 0 Å². The molecule has 0 fully saturated rings. The normalized spacial score (nSPS) is 10.3. The van der Waals surface area contributed by atoms with Gasteiger partial charge in [0.1, 0.15) is 11.6 Å². The first-order valence-corrected chi connectivity index (χ1v) is 10.4. The Kier molecular flexibility index (Phi) is 8.04. The second-order valence-electron chi connectivity index (χ2n) is 7.04. The molecular weight excluding hydrogens is 445 g/mol. The lowest BCUT2D eigenvalue weighted by Crippen LogP contribution is -2.35. The highest BCUT2D eigenvalue weighted by Crippen LogP contribution is 2.21. The third-order valence-electron chi connectivity index (χ3n) is 4.54. The number of nitrogens with zero attached hydrogens (tertiary/aromatic N) is 1. The van der Waals surface area contributed by atoms with Crippen LogP contribution < -0.4 is 19.7 Å². The summed E-state index contributed by atoms with van der Waals surface area (Å²) in [4.78, 5) is 35.7. The van der Waals surface area contributed by atoms with Crippen LogP contribution >= 0.6 is 12.8 Å². The number of anilines is 2. The van der Waals surface area contributed by atoms with Gasteiger partial charge in [-0.05, 0) is 72.6 Å². The van der Waals surface area contributed by atoms with E-state index in [1.54, 1.807) is 48.5 Å². The van der Waals surface area contributed by atoms with Crippen LogP contribution in [0.15, 0.2) is 72.8 Å². The van der Waals surface area contributed by atoms with Gasteiger partial charge in [-0.1, -0.05) is 24.9 Å². The Balaban J connectivity index is 1.50. The zero-order valence-corrected chi connectivity index (χ0v) is 18.6. The van der Waals surface area contributed by atoms with Gasteiger partial charge in [-0.25, -0.2) is 13.5 Å². The molecular formula is C24H22FN3O4S. The molecule has 0 spiro atoms. The third kappa shape index (κ3) is 7.08. The highest BCUT2D eigenvalue weighted by Gasteiger charge is 2.12. The molecule has 7 nitrogen and oxygen atoms in total. The molecule has 3 aromatic rings. The second-order valence-corrected chi connectivity index (χ2v) is 7.44. The fourth-order valence-electron chi connectivity index (χ4n) is 2.89. The minimum absolute atomic E-state index is 0.305. The number of ether oxygens (including phenoxy) is 1. The number of halogens is 1. The first kappa shape index (κ1) is 23.8. The average molecular weight is 468 g/mol. The molecule has 2 N–H and O–H groups in total. The standard InChI is InChI=1S/C24H22FN3O4S/c1-16(29)32-22-12-4-18(5-13-22)23(30)27-20-8-10-21(11-9-20)28(33)24(31)26-15-14-17-2-6-19(25)7-3-17/h2-13,33H,14-15H2,1H3,(H,26,31)(H,27,30). The van der Waals surface area contributed by atoms with E-state index in [9.17, 15) is 18.8 Å². The van der Waals surface area contributed by atoms with Crippen LogP contribution in [0.3, 0.4) is 0 Å². The van der Waals surface area contributed by atoms with Crippen molar-refractivity contribution in [3.8, 4) is 5.75 Å². The van der Waals surface area contributed by atoms with Gasteiger partial charge in [0.15, 0.2) is 0 Å². The van der Waals surface area contributed by atoms with Gasteiger partial charge in [-0.2, -0.15) is 0 Å². The summed E-state index contributed by atoms with van der Waals surface area (Å²) >= 11 is 4.23. The Morgan fingerprint density at radius 2 is 1.58 bits per heavy atom. The molecule has 0 unspecified atom stereocenters. The van der Waals surface area contributed by atoms with Gasteiger partial charge < -0.3 is 15.4 Å². The molecule has 9 heteroatoms. The molecule has 3 aromatic carbocycles. The van der Waals surface area contributed by atoms with Crippen molar-refractivity contribution in [2.75, 3.05) is 16.2 Å². The van der Waals surface area contributed by atoms with Crippen LogP contribution in [-0.4, -0.2) is 24.5 Å². The highest BCUT2D eigenvalue weighted by atomic mass is 32.1. The maximum atomic E-state index is 12.9. The Morgan fingerprint density at radius 1 is 0.939 bits per heavy atom. The lowest BCUT2D eigenvalue weighted by Gasteiger charge is -2.17. The zero-order valence-electron chi connectivity index (χ0n) is 17.7. The van der Waals surface area contributed by atoms with Crippen molar-refractivity contribution in [2.45, 2.75) is 13.3 Å². The number of carbonyl (C=O) groups is 3. The largest absolute Gasteiger partial charge is 0.427 e. The molecule has 170 valence electrons. The summed E-state index contributed by atoms with van der Waals surface area (Å²) in [5.41, 5.74) is 2.35. The van der Waals surface area contributed by atoms with Crippen LogP contribution in [0.25, 0.3) is 0 Å². The van der Waals surface area contributed by atoms with Crippen molar-refractivity contribution >= 4 is 42.1 Å². The van der Waals surface area contributed by atoms with Crippen LogP contribution in [0, 0.1) is 5.82 Å². The van der Waals surface area contributed by atoms with E-state index in [4.69, 9.17) is 4.74 Å². The second kappa shape index (κ2) is 11.1. The predicted molar refractivity (Wildman–Crippen MR) is 127 cm³/mol. The number of thiol groups is 1. The number of benzene rings is 3. The van der Waals surface area contributed by atoms with Gasteiger partial charge in [0.25, 0.3) is 5.91 Å². The van der Waals surface area contributed by atoms with Crippen LogP contribution in [-0.2, 0) is 11.2 Å². The van der Waals surface area contributed by atoms with E-state index in [0.717, 1.165) is 9.87 Å². The van der Waals surface area contributed by atoms with Crippen molar-refractivity contribution in [1.82, 2.24) is 5.32 Å². The number of carbonyl (C=O) groups excluding carboxylic acids is 3. The molecule has 0 aliphatic heterocycles. The molecule has 0 atom stereocenters. The summed E-state index contributed by atoms with van der Waals surface area (Å²) in [5.74, 6) is -0.722. The van der Waals surface area contributed by atoms with Gasteiger partial charge in [0, 0.05) is 24.7 Å². The molecule has 0 heterocycles. The first-order chi connectivity index (χ1) is 15.8. The number of nitrogens with one attached hydrogen (secondary N) is 2. The minimum Gasteiger partial charge on any atom is -0.427 e. The van der Waals surface area contributed by atoms with E-state index in [1.807, 2.05) is 0 Å². The summed E-state index contributed by atoms with van der Waals surface area (Å²) in [5, 5.41) is 5.50. The molecule has 0 aliphatic carbocycles. The number of urea groups is 1. The summed E-state index contributed by atoms with van der Waals surface area (Å²) in [6.07, 6.45) is 0.556. The monoisotopic (exact) mass is 467 g/mol. The fourth-order valence-corrected chi connectivity index (χ4v) is 3.09. The lowest BCUT2D eigenvalue weighted by atomic mass is 10.1. The number of amides is 3. The van der Waals surface area contributed by atoms with E-state index in [0.29, 0.717) is 35.7 Å². The maximum absolute atomic E-state index is 12.9. The summed E-state index contributed by atoms with van der Waals surface area (Å²) in [7, 11) is 0. The average Bonchev–Trinajstić information content (AvgIpc) is 2.80. The molecule has 33 heavy (non-hydrogen) atoms. The van der Waals surface area contributed by atoms with Gasteiger partial charge in [0.2, 0.25) is 0 Å². The van der Waals surface area contributed by atoms with Crippen molar-refractivity contribution in [3.63, 3.8) is 0 Å². The quantitative estimate of drug-likeness (QED) is 0.269. The van der Waals surface area contributed by atoms with E-state index in [1.165, 1.54) is 31.2 Å². The van der Waals surface area contributed by atoms with E-state index in [-0.39, 0.29) is 11.7 Å². The minimum atomic E-state index is -0.438. The molecule has 0 radical (unpaired) electrons. The fraction of sp³-hybridized carbons (Fsp3) is 0.125. The van der Waals surface area contributed by atoms with Gasteiger partial charge >= 0.3 is 12.0 Å². The Bertz CT molecular complexity index is 1120. The molecule has 3 rings (SSSR count). The summed E-state index contributed by atoms with van der Waals surface area (Å²) in [6, 6.07) is 18.4. The predicted octanol–water partition coefficient (Wildman–Crippen LogP) is 4.61. The molecule has 0 saturated heterocycles. The van der Waals surface area contributed by atoms with Crippen LogP contribution in [0.1, 0.15) is 22.8 Å². The lowest BCUT2D eigenvalue weighted by molar-refractivity contribution is -0.131. The molecule has 0 aromatic heterocycles. The van der Waals surface area contributed by atoms with E-state index < -0.39 is 12.0 Å². The van der Waals surface area contributed by atoms with Gasteiger partial charge in [0.05, 0.1) is 5.69 Å². The summed E-state index contributed by atoms with van der Waals surface area (Å²) in [6.45, 7) is 1.67. The highest BCUT2D eigenvalue weighted by molar-refractivity contribution is 7.82. The number of hydrogen-bond donors (Lipinski definition) is 3. The molecule has 0 bridgehead atoms. The molecule has 0 aliphatic rings. The maximum Gasteiger partial charge on any atom is 0.331 e. The van der Waals surface area contributed by atoms with Crippen LogP contribution in [0.2, 0.25) is 0 Å². The summed E-state index contributed by atoms with van der Waals surface area (Å²) < 4.78 is 19.0. The molecule has 0 saturated carbocycles. The van der Waals surface area contributed by atoms with Crippen molar-refractivity contribution < 1.29 is 23.5 Å². The number of hydrogen-bond acceptors (Lipinski definition) is 5. The Morgan fingerprint density at radius 3 is 2.18 bits per heavy atom. The topological polar surface area (TPSA) is 87.7 Å². The van der Waals surface area contributed by atoms with Gasteiger partial charge in [-0.3, -0.25) is 9.59 Å². The van der Waals surface area contributed by atoms with Crippen LogP contribution in [0.5, 0.6) is 5.75 Å². The van der Waals surface area contributed by atoms with Gasteiger partial charge in [-0.15, -0.1) is 0 Å². The Hall–Kier alpha value is -3.85. The number of esters is 1. The molecule has 3 amide bonds. The smallest absolute Gasteiger partial charge is 0.331 e.